The van der Waals surface area contributed by atoms with E-state index in [2.05, 4.69) is 6.92 Å². The molecule has 0 spiro atoms. The minimum Gasteiger partial charge on any atom is -0.469 e. The molecule has 0 aliphatic carbocycles. The zero-order chi connectivity index (χ0) is 14.0. The van der Waals surface area contributed by atoms with E-state index >= 15 is 0 Å². The van der Waals surface area contributed by atoms with Crippen LogP contribution in [0.1, 0.15) is 58.3 Å². The third kappa shape index (κ3) is 8.38. The molecular formula is C13H26Cl2O2Si. The van der Waals surface area contributed by atoms with Crippen LogP contribution in [-0.4, -0.2) is 19.8 Å². The van der Waals surface area contributed by atoms with Gasteiger partial charge in [-0.25, -0.2) is 0 Å². The van der Waals surface area contributed by atoms with Gasteiger partial charge < -0.3 is 4.74 Å². The van der Waals surface area contributed by atoms with Crippen LogP contribution < -0.4 is 0 Å². The fourth-order valence-corrected chi connectivity index (χ4v) is 4.46. The van der Waals surface area contributed by atoms with E-state index in [1.807, 2.05) is 0 Å². The third-order valence-corrected chi connectivity index (χ3v) is 6.52. The number of carbonyl (C=O) groups excluding carboxylic acids is 1. The summed E-state index contributed by atoms with van der Waals surface area (Å²) in [7, 11) is 1.40. The molecule has 1 unspecified atom stereocenters. The summed E-state index contributed by atoms with van der Waals surface area (Å²) < 4.78 is 4.78. The van der Waals surface area contributed by atoms with E-state index < -0.39 is 6.69 Å². The predicted octanol–water partition coefficient (Wildman–Crippen LogP) is 5.22. The van der Waals surface area contributed by atoms with Gasteiger partial charge in [-0.15, -0.1) is 22.2 Å². The lowest BCUT2D eigenvalue weighted by Crippen LogP contribution is -2.30. The molecule has 0 N–H and O–H groups in total. The highest BCUT2D eigenvalue weighted by atomic mass is 35.7. The highest BCUT2D eigenvalue weighted by Gasteiger charge is 2.39. The zero-order valence-electron chi connectivity index (χ0n) is 11.8. The Bertz CT molecular complexity index is 230. The second-order valence-corrected chi connectivity index (χ2v) is 12.8. The number of hydrogen-bond donors (Lipinski definition) is 0. The molecular weight excluding hydrogens is 287 g/mol. The summed E-state index contributed by atoms with van der Waals surface area (Å²) in [4.78, 5) is 11.6. The molecule has 0 aromatic rings. The van der Waals surface area contributed by atoms with Gasteiger partial charge >= 0.3 is 5.97 Å². The Hall–Kier alpha value is 0.267. The Balaban J connectivity index is 3.81. The van der Waals surface area contributed by atoms with Gasteiger partial charge in [-0.1, -0.05) is 51.9 Å². The molecule has 0 aliphatic rings. The van der Waals surface area contributed by atoms with Crippen LogP contribution in [0, 0.1) is 0 Å². The molecule has 108 valence electrons. The minimum absolute atomic E-state index is 0.250. The van der Waals surface area contributed by atoms with Crippen LogP contribution in [-0.2, 0) is 9.53 Å². The molecule has 0 saturated carbocycles. The highest BCUT2D eigenvalue weighted by molar-refractivity contribution is 7.46. The number of carbonyl (C=O) groups is 1. The number of methoxy groups -OCH3 is 1. The smallest absolute Gasteiger partial charge is 0.308 e. The van der Waals surface area contributed by atoms with Gasteiger partial charge in [-0.05, 0) is 13.0 Å². The van der Waals surface area contributed by atoms with Crippen molar-refractivity contribution in [1.29, 1.82) is 0 Å². The fourth-order valence-electron chi connectivity index (χ4n) is 2.03. The zero-order valence-corrected chi connectivity index (χ0v) is 14.3. The van der Waals surface area contributed by atoms with Gasteiger partial charge in [0.1, 0.15) is 0 Å². The number of ether oxygens (including phenoxy) is 1. The highest BCUT2D eigenvalue weighted by Crippen LogP contribution is 2.35. The summed E-state index contributed by atoms with van der Waals surface area (Å²) in [5.41, 5.74) is -0.290. The van der Waals surface area contributed by atoms with Crippen molar-refractivity contribution >= 4 is 34.8 Å². The molecule has 1 atom stereocenters. The Morgan fingerprint density at radius 1 is 1.11 bits per heavy atom. The Labute approximate surface area is 122 Å². The number of esters is 1. The van der Waals surface area contributed by atoms with Gasteiger partial charge in [0.25, 0.3) is 6.69 Å². The SMILES string of the molecule is CCCCCCCCCC(C(=O)OC)[Si](C)(Cl)Cl. The Morgan fingerprint density at radius 2 is 1.61 bits per heavy atom. The normalized spacial score (nSPS) is 13.4. The van der Waals surface area contributed by atoms with E-state index in [-0.39, 0.29) is 11.5 Å². The number of rotatable bonds is 10. The maximum Gasteiger partial charge on any atom is 0.308 e. The molecule has 2 nitrogen and oxygen atoms in total. The molecule has 0 aromatic heterocycles. The topological polar surface area (TPSA) is 26.3 Å². The predicted molar refractivity (Wildman–Crippen MR) is 81.7 cm³/mol. The van der Waals surface area contributed by atoms with Crippen molar-refractivity contribution in [3.05, 3.63) is 0 Å². The lowest BCUT2D eigenvalue weighted by atomic mass is 10.1. The molecule has 0 aromatic carbocycles. The molecule has 18 heavy (non-hydrogen) atoms. The molecule has 0 bridgehead atoms. The largest absolute Gasteiger partial charge is 0.469 e. The summed E-state index contributed by atoms with van der Waals surface area (Å²) in [6.07, 6.45) is 9.34. The first-order chi connectivity index (χ1) is 8.43. The van der Waals surface area contributed by atoms with Gasteiger partial charge in [0.2, 0.25) is 0 Å². The van der Waals surface area contributed by atoms with Crippen LogP contribution in [0.5, 0.6) is 0 Å². The summed E-state index contributed by atoms with van der Waals surface area (Å²) in [5, 5.41) is 0. The lowest BCUT2D eigenvalue weighted by molar-refractivity contribution is -0.140. The summed E-state index contributed by atoms with van der Waals surface area (Å²) in [5.74, 6) is -0.250. The standard InChI is InChI=1S/C13H26Cl2O2Si/c1-4-5-6-7-8-9-10-11-12(13(16)17-2)18(3,14)15/h12H,4-11H2,1-3H3. The van der Waals surface area contributed by atoms with Crippen molar-refractivity contribution < 1.29 is 9.53 Å². The van der Waals surface area contributed by atoms with Crippen molar-refractivity contribution in [2.45, 2.75) is 70.4 Å². The van der Waals surface area contributed by atoms with Gasteiger partial charge in [0.15, 0.2) is 0 Å². The molecule has 5 heteroatoms. The average molecular weight is 313 g/mol. The third-order valence-electron chi connectivity index (χ3n) is 3.19. The summed E-state index contributed by atoms with van der Waals surface area (Å²) >= 11 is 12.3. The monoisotopic (exact) mass is 312 g/mol. The molecule has 0 fully saturated rings. The van der Waals surface area contributed by atoms with Crippen molar-refractivity contribution in [1.82, 2.24) is 0 Å². The van der Waals surface area contributed by atoms with Crippen LogP contribution in [0.4, 0.5) is 0 Å². The van der Waals surface area contributed by atoms with Gasteiger partial charge in [-0.3, -0.25) is 4.79 Å². The van der Waals surface area contributed by atoms with Gasteiger partial charge in [-0.2, -0.15) is 0 Å². The van der Waals surface area contributed by atoms with Crippen LogP contribution >= 0.6 is 22.2 Å². The Morgan fingerprint density at radius 3 is 2.06 bits per heavy atom. The quantitative estimate of drug-likeness (QED) is 0.239. The summed E-state index contributed by atoms with van der Waals surface area (Å²) in [6.45, 7) is 1.52. The maximum absolute atomic E-state index is 11.6. The van der Waals surface area contributed by atoms with Crippen molar-refractivity contribution in [2.75, 3.05) is 7.11 Å². The Kier molecular flexibility index (Phi) is 10.3. The number of halogens is 2. The van der Waals surface area contributed by atoms with Crippen molar-refractivity contribution in [3.63, 3.8) is 0 Å². The lowest BCUT2D eigenvalue weighted by Gasteiger charge is -2.21. The molecule has 0 radical (unpaired) electrons. The first-order valence-corrected chi connectivity index (χ1v) is 11.5. The van der Waals surface area contributed by atoms with Crippen molar-refractivity contribution in [3.8, 4) is 0 Å². The first kappa shape index (κ1) is 18.3. The molecule has 0 heterocycles. The van der Waals surface area contributed by atoms with Crippen LogP contribution in [0.2, 0.25) is 12.1 Å². The molecule has 0 saturated heterocycles. The van der Waals surface area contributed by atoms with Crippen LogP contribution in [0.3, 0.4) is 0 Å². The summed E-state index contributed by atoms with van der Waals surface area (Å²) in [6, 6.07) is 0. The van der Waals surface area contributed by atoms with E-state index in [4.69, 9.17) is 26.9 Å². The van der Waals surface area contributed by atoms with E-state index in [0.29, 0.717) is 0 Å². The average Bonchev–Trinajstić information content (AvgIpc) is 2.30. The van der Waals surface area contributed by atoms with Gasteiger partial charge in [0, 0.05) is 0 Å². The van der Waals surface area contributed by atoms with Crippen LogP contribution in [0.15, 0.2) is 0 Å². The molecule has 0 rings (SSSR count). The molecule has 0 aliphatic heterocycles. The second kappa shape index (κ2) is 10.1. The van der Waals surface area contributed by atoms with Gasteiger partial charge in [0.05, 0.1) is 12.7 Å². The first-order valence-electron chi connectivity index (χ1n) is 6.89. The second-order valence-electron chi connectivity index (χ2n) is 4.94. The van der Waals surface area contributed by atoms with E-state index in [1.54, 1.807) is 6.55 Å². The van der Waals surface area contributed by atoms with Crippen molar-refractivity contribution in [2.24, 2.45) is 0 Å². The number of unbranched alkanes of at least 4 members (excludes halogenated alkanes) is 6. The minimum atomic E-state index is -2.48. The van der Waals surface area contributed by atoms with E-state index in [9.17, 15) is 4.79 Å². The number of hydrogen-bond acceptors (Lipinski definition) is 2. The van der Waals surface area contributed by atoms with Crippen LogP contribution in [0.25, 0.3) is 0 Å². The molecule has 0 amide bonds. The maximum atomic E-state index is 11.6. The van der Waals surface area contributed by atoms with E-state index in [0.717, 1.165) is 19.3 Å². The fraction of sp³-hybridized carbons (Fsp3) is 0.923. The van der Waals surface area contributed by atoms with E-state index in [1.165, 1.54) is 39.2 Å².